The van der Waals surface area contributed by atoms with Gasteiger partial charge in [0, 0.05) is 13.1 Å². The number of amides is 1. The predicted octanol–water partition coefficient (Wildman–Crippen LogP) is 1.89. The van der Waals surface area contributed by atoms with Crippen LogP contribution < -0.4 is 5.32 Å². The molecule has 1 saturated heterocycles. The second kappa shape index (κ2) is 6.17. The zero-order chi connectivity index (χ0) is 12.1. The molecule has 1 aliphatic heterocycles. The molecule has 0 aliphatic carbocycles. The average molecular weight is 252 g/mol. The molecule has 0 aromatic carbocycles. The highest BCUT2D eigenvalue weighted by atomic mass is 32.1. The van der Waals surface area contributed by atoms with Crippen LogP contribution in [0.4, 0.5) is 0 Å². The van der Waals surface area contributed by atoms with Gasteiger partial charge < -0.3 is 10.2 Å². The van der Waals surface area contributed by atoms with Crippen LogP contribution in [-0.4, -0.2) is 36.5 Å². The SMILES string of the molecule is CCCNC1CCN(CCc2ccsc2)C1=O. The van der Waals surface area contributed by atoms with Gasteiger partial charge in [-0.15, -0.1) is 0 Å². The number of carbonyl (C=O) groups excluding carboxylic acids is 1. The van der Waals surface area contributed by atoms with Crippen LogP contribution in [0.5, 0.6) is 0 Å². The van der Waals surface area contributed by atoms with Gasteiger partial charge in [-0.1, -0.05) is 6.92 Å². The Morgan fingerprint density at radius 2 is 2.47 bits per heavy atom. The maximum absolute atomic E-state index is 12.0. The largest absolute Gasteiger partial charge is 0.341 e. The zero-order valence-electron chi connectivity index (χ0n) is 10.3. The molecule has 17 heavy (non-hydrogen) atoms. The van der Waals surface area contributed by atoms with Crippen LogP contribution >= 0.6 is 11.3 Å². The van der Waals surface area contributed by atoms with Gasteiger partial charge in [0.2, 0.25) is 5.91 Å². The zero-order valence-corrected chi connectivity index (χ0v) is 11.1. The van der Waals surface area contributed by atoms with Crippen LogP contribution in [0.25, 0.3) is 0 Å². The third kappa shape index (κ3) is 3.30. The van der Waals surface area contributed by atoms with Gasteiger partial charge in [-0.2, -0.15) is 11.3 Å². The van der Waals surface area contributed by atoms with E-state index in [0.717, 1.165) is 38.9 Å². The lowest BCUT2D eigenvalue weighted by Gasteiger charge is -2.16. The van der Waals surface area contributed by atoms with Crippen LogP contribution in [-0.2, 0) is 11.2 Å². The lowest BCUT2D eigenvalue weighted by Crippen LogP contribution is -2.39. The fourth-order valence-corrected chi connectivity index (χ4v) is 2.87. The number of likely N-dealkylation sites (tertiary alicyclic amines) is 1. The molecule has 1 aromatic rings. The topological polar surface area (TPSA) is 32.3 Å². The van der Waals surface area contributed by atoms with Gasteiger partial charge in [0.1, 0.15) is 0 Å². The normalized spacial score (nSPS) is 20.2. The Morgan fingerprint density at radius 3 is 3.18 bits per heavy atom. The van der Waals surface area contributed by atoms with Crippen molar-refractivity contribution in [3.05, 3.63) is 22.4 Å². The number of nitrogens with one attached hydrogen (secondary N) is 1. The van der Waals surface area contributed by atoms with E-state index < -0.39 is 0 Å². The number of hydrogen-bond acceptors (Lipinski definition) is 3. The molecular formula is C13H20N2OS. The van der Waals surface area contributed by atoms with Crippen LogP contribution in [0.2, 0.25) is 0 Å². The van der Waals surface area contributed by atoms with Gasteiger partial charge in [0.15, 0.2) is 0 Å². The van der Waals surface area contributed by atoms with Crippen LogP contribution in [0.1, 0.15) is 25.3 Å². The van der Waals surface area contributed by atoms with E-state index in [2.05, 4.69) is 29.1 Å². The van der Waals surface area contributed by atoms with Gasteiger partial charge in [0.25, 0.3) is 0 Å². The van der Waals surface area contributed by atoms with Crippen LogP contribution in [0.15, 0.2) is 16.8 Å². The molecule has 2 heterocycles. The third-order valence-electron chi connectivity index (χ3n) is 3.19. The summed E-state index contributed by atoms with van der Waals surface area (Å²) in [4.78, 5) is 14.0. The molecule has 94 valence electrons. The molecule has 0 radical (unpaired) electrons. The predicted molar refractivity (Wildman–Crippen MR) is 71.3 cm³/mol. The Hall–Kier alpha value is -0.870. The van der Waals surface area contributed by atoms with Crippen molar-refractivity contribution in [1.29, 1.82) is 0 Å². The van der Waals surface area contributed by atoms with Crippen molar-refractivity contribution in [2.75, 3.05) is 19.6 Å². The summed E-state index contributed by atoms with van der Waals surface area (Å²) >= 11 is 1.72. The summed E-state index contributed by atoms with van der Waals surface area (Å²) in [6.07, 6.45) is 3.02. The van der Waals surface area contributed by atoms with Crippen molar-refractivity contribution in [2.45, 2.75) is 32.2 Å². The van der Waals surface area contributed by atoms with E-state index in [0.29, 0.717) is 0 Å². The van der Waals surface area contributed by atoms with Crippen molar-refractivity contribution < 1.29 is 4.79 Å². The third-order valence-corrected chi connectivity index (χ3v) is 3.92. The highest BCUT2D eigenvalue weighted by Crippen LogP contribution is 2.13. The second-order valence-electron chi connectivity index (χ2n) is 4.50. The Labute approximate surface area is 107 Å². The lowest BCUT2D eigenvalue weighted by atomic mass is 10.2. The molecule has 1 aliphatic rings. The molecule has 1 aromatic heterocycles. The monoisotopic (exact) mass is 252 g/mol. The molecule has 2 rings (SSSR count). The molecule has 0 bridgehead atoms. The van der Waals surface area contributed by atoms with Crippen molar-refractivity contribution in [1.82, 2.24) is 10.2 Å². The van der Waals surface area contributed by atoms with Crippen molar-refractivity contribution >= 4 is 17.2 Å². The minimum atomic E-state index is 0.0671. The smallest absolute Gasteiger partial charge is 0.239 e. The molecule has 3 nitrogen and oxygen atoms in total. The van der Waals surface area contributed by atoms with Crippen LogP contribution in [0, 0.1) is 0 Å². The molecule has 0 spiro atoms. The summed E-state index contributed by atoms with van der Waals surface area (Å²) in [6, 6.07) is 2.20. The molecule has 1 N–H and O–H groups in total. The number of hydrogen-bond donors (Lipinski definition) is 1. The maximum atomic E-state index is 12.0. The van der Waals surface area contributed by atoms with Gasteiger partial charge >= 0.3 is 0 Å². The highest BCUT2D eigenvalue weighted by molar-refractivity contribution is 7.07. The first-order chi connectivity index (χ1) is 8.31. The van der Waals surface area contributed by atoms with Gasteiger partial charge in [-0.05, 0) is 48.2 Å². The van der Waals surface area contributed by atoms with E-state index >= 15 is 0 Å². The quantitative estimate of drug-likeness (QED) is 0.838. The summed E-state index contributed by atoms with van der Waals surface area (Å²) in [6.45, 7) is 4.83. The first kappa shape index (κ1) is 12.6. The first-order valence-corrected chi connectivity index (χ1v) is 7.28. The van der Waals surface area contributed by atoms with E-state index in [9.17, 15) is 4.79 Å². The summed E-state index contributed by atoms with van der Waals surface area (Å²) < 4.78 is 0. The first-order valence-electron chi connectivity index (χ1n) is 6.34. The molecule has 1 fully saturated rings. The molecule has 4 heteroatoms. The molecular weight excluding hydrogens is 232 g/mol. The molecule has 1 unspecified atom stereocenters. The van der Waals surface area contributed by atoms with Crippen molar-refractivity contribution in [2.24, 2.45) is 0 Å². The Bertz CT molecular complexity index is 350. The fourth-order valence-electron chi connectivity index (χ4n) is 2.17. The summed E-state index contributed by atoms with van der Waals surface area (Å²) in [5.74, 6) is 0.286. The standard InChI is InChI=1S/C13H20N2OS/c1-2-6-14-12-4-8-15(13(12)16)7-3-11-5-9-17-10-11/h5,9-10,12,14H,2-4,6-8H2,1H3. The summed E-state index contributed by atoms with van der Waals surface area (Å²) in [7, 11) is 0. The molecule has 1 atom stereocenters. The van der Waals surface area contributed by atoms with E-state index in [1.807, 2.05) is 4.90 Å². The molecule has 0 saturated carbocycles. The van der Waals surface area contributed by atoms with Crippen molar-refractivity contribution in [3.63, 3.8) is 0 Å². The average Bonchev–Trinajstić information content (AvgIpc) is 2.95. The maximum Gasteiger partial charge on any atom is 0.239 e. The van der Waals surface area contributed by atoms with Gasteiger partial charge in [-0.25, -0.2) is 0 Å². The summed E-state index contributed by atoms with van der Waals surface area (Å²) in [5, 5.41) is 7.57. The van der Waals surface area contributed by atoms with E-state index in [-0.39, 0.29) is 11.9 Å². The highest BCUT2D eigenvalue weighted by Gasteiger charge is 2.30. The Balaban J connectivity index is 1.77. The van der Waals surface area contributed by atoms with Crippen LogP contribution in [0.3, 0.4) is 0 Å². The minimum Gasteiger partial charge on any atom is -0.341 e. The van der Waals surface area contributed by atoms with Crippen molar-refractivity contribution in [3.8, 4) is 0 Å². The fraction of sp³-hybridized carbons (Fsp3) is 0.615. The number of thiophene rings is 1. The van der Waals surface area contributed by atoms with E-state index in [4.69, 9.17) is 0 Å². The summed E-state index contributed by atoms with van der Waals surface area (Å²) in [5.41, 5.74) is 1.34. The number of carbonyl (C=O) groups is 1. The van der Waals surface area contributed by atoms with Gasteiger partial charge in [0.05, 0.1) is 6.04 Å². The number of nitrogens with zero attached hydrogens (tertiary/aromatic N) is 1. The Morgan fingerprint density at radius 1 is 1.59 bits per heavy atom. The van der Waals surface area contributed by atoms with Gasteiger partial charge in [-0.3, -0.25) is 4.79 Å². The van der Waals surface area contributed by atoms with E-state index in [1.54, 1.807) is 11.3 Å². The lowest BCUT2D eigenvalue weighted by molar-refractivity contribution is -0.129. The molecule has 1 amide bonds. The van der Waals surface area contributed by atoms with E-state index in [1.165, 1.54) is 5.56 Å². The second-order valence-corrected chi connectivity index (χ2v) is 5.28. The Kier molecular flexibility index (Phi) is 4.57. The minimum absolute atomic E-state index is 0.0671. The number of rotatable bonds is 6.